The van der Waals surface area contributed by atoms with E-state index in [9.17, 15) is 13.2 Å². The molecular weight excluding hydrogens is 418 g/mol. The van der Waals surface area contributed by atoms with E-state index in [0.717, 1.165) is 44.8 Å². The molecule has 2 fully saturated rings. The van der Waals surface area contributed by atoms with Gasteiger partial charge in [-0.3, -0.25) is 9.69 Å². The average molecular weight is 454 g/mol. The minimum atomic E-state index is -3.57. The lowest BCUT2D eigenvalue weighted by atomic mass is 9.97. The molecule has 1 N–H and O–H groups in total. The zero-order valence-corrected chi connectivity index (χ0v) is 19.5. The minimum absolute atomic E-state index is 0.0379. The van der Waals surface area contributed by atoms with Gasteiger partial charge < -0.3 is 14.8 Å². The smallest absolute Gasteiger partial charge is 0.243 e. The van der Waals surface area contributed by atoms with Crippen LogP contribution in [0.25, 0.3) is 0 Å². The summed E-state index contributed by atoms with van der Waals surface area (Å²) in [7, 11) is -3.57. The zero-order valence-electron chi connectivity index (χ0n) is 18.6. The Morgan fingerprint density at radius 1 is 1.19 bits per heavy atom. The van der Waals surface area contributed by atoms with Crippen LogP contribution in [0.5, 0.6) is 5.75 Å². The summed E-state index contributed by atoms with van der Waals surface area (Å²) in [5.74, 6) is 0.610. The van der Waals surface area contributed by atoms with E-state index in [1.165, 1.54) is 4.31 Å². The molecule has 0 atom stereocenters. The number of nitrogens with one attached hydrogen (secondary N) is 1. The third kappa shape index (κ3) is 6.41. The maximum absolute atomic E-state index is 13.0. The first-order chi connectivity index (χ1) is 14.9. The molecule has 1 amide bonds. The molecule has 8 nitrogen and oxygen atoms in total. The van der Waals surface area contributed by atoms with E-state index in [-0.39, 0.29) is 16.7 Å². The Bertz CT molecular complexity index is 832. The second-order valence-electron chi connectivity index (χ2n) is 8.14. The summed E-state index contributed by atoms with van der Waals surface area (Å²) in [4.78, 5) is 15.1. The van der Waals surface area contributed by atoms with Crippen molar-refractivity contribution in [1.82, 2.24) is 14.5 Å². The van der Waals surface area contributed by atoms with Crippen LogP contribution in [0.1, 0.15) is 31.7 Å². The summed E-state index contributed by atoms with van der Waals surface area (Å²) < 4.78 is 38.4. The quantitative estimate of drug-likeness (QED) is 0.572. The number of carbonyl (C=O) groups is 1. The van der Waals surface area contributed by atoms with Crippen LogP contribution in [0.4, 0.5) is 0 Å². The van der Waals surface area contributed by atoms with E-state index in [2.05, 4.69) is 10.2 Å². The Morgan fingerprint density at radius 3 is 2.55 bits per heavy atom. The third-order valence-corrected chi connectivity index (χ3v) is 7.86. The van der Waals surface area contributed by atoms with E-state index in [1.54, 1.807) is 18.2 Å². The monoisotopic (exact) mass is 453 g/mol. The molecule has 2 aliphatic heterocycles. The second-order valence-corrected chi connectivity index (χ2v) is 10.1. The number of morpholine rings is 1. The third-order valence-electron chi connectivity index (χ3n) is 5.96. The molecule has 2 saturated heterocycles. The highest BCUT2D eigenvalue weighted by molar-refractivity contribution is 7.89. The van der Waals surface area contributed by atoms with Gasteiger partial charge in [0.05, 0.1) is 24.7 Å². The van der Waals surface area contributed by atoms with Gasteiger partial charge in [-0.25, -0.2) is 8.42 Å². The second kappa shape index (κ2) is 11.3. The molecule has 3 rings (SSSR count). The number of carbonyl (C=O) groups excluding carboxylic acids is 1. The predicted octanol–water partition coefficient (Wildman–Crippen LogP) is 1.63. The van der Waals surface area contributed by atoms with Crippen LogP contribution in [-0.2, 0) is 19.6 Å². The Kier molecular flexibility index (Phi) is 8.71. The Balaban J connectivity index is 1.44. The van der Waals surface area contributed by atoms with Gasteiger partial charge in [-0.2, -0.15) is 4.31 Å². The summed E-state index contributed by atoms with van der Waals surface area (Å²) in [6.07, 6.45) is 2.01. The fourth-order valence-corrected chi connectivity index (χ4v) is 5.65. The van der Waals surface area contributed by atoms with Gasteiger partial charge in [-0.05, 0) is 63.4 Å². The van der Waals surface area contributed by atoms with Gasteiger partial charge in [0.15, 0.2) is 0 Å². The lowest BCUT2D eigenvalue weighted by Gasteiger charge is -2.31. The Hall–Kier alpha value is -1.68. The number of nitrogens with zero attached hydrogens (tertiary/aromatic N) is 2. The van der Waals surface area contributed by atoms with Gasteiger partial charge in [0.1, 0.15) is 5.75 Å². The molecule has 2 heterocycles. The molecule has 1 aromatic carbocycles. The summed E-state index contributed by atoms with van der Waals surface area (Å²) >= 11 is 0. The van der Waals surface area contributed by atoms with E-state index in [0.29, 0.717) is 44.8 Å². The minimum Gasteiger partial charge on any atom is -0.494 e. The van der Waals surface area contributed by atoms with Crippen molar-refractivity contribution >= 4 is 15.9 Å². The first kappa shape index (κ1) is 24.0. The summed E-state index contributed by atoms with van der Waals surface area (Å²) in [5, 5.41) is 3.02. The highest BCUT2D eigenvalue weighted by atomic mass is 32.2. The van der Waals surface area contributed by atoms with Gasteiger partial charge in [0, 0.05) is 38.6 Å². The first-order valence-corrected chi connectivity index (χ1v) is 12.7. The van der Waals surface area contributed by atoms with Gasteiger partial charge in [-0.15, -0.1) is 0 Å². The fourth-order valence-electron chi connectivity index (χ4n) is 4.09. The largest absolute Gasteiger partial charge is 0.494 e. The van der Waals surface area contributed by atoms with Crippen LogP contribution in [0.2, 0.25) is 0 Å². The molecule has 0 aliphatic carbocycles. The number of hydrogen-bond acceptors (Lipinski definition) is 6. The zero-order chi connectivity index (χ0) is 22.3. The number of amides is 1. The first-order valence-electron chi connectivity index (χ1n) is 11.2. The number of aryl methyl sites for hydroxylation is 1. The van der Waals surface area contributed by atoms with Gasteiger partial charge >= 0.3 is 0 Å². The average Bonchev–Trinajstić information content (AvgIpc) is 2.79. The van der Waals surface area contributed by atoms with Crippen LogP contribution in [0, 0.1) is 12.8 Å². The van der Waals surface area contributed by atoms with Crippen LogP contribution >= 0.6 is 0 Å². The Labute approximate surface area is 185 Å². The molecule has 0 unspecified atom stereocenters. The molecule has 0 aromatic heterocycles. The number of piperidine rings is 1. The van der Waals surface area contributed by atoms with Crippen molar-refractivity contribution < 1.29 is 22.7 Å². The maximum Gasteiger partial charge on any atom is 0.243 e. The van der Waals surface area contributed by atoms with Crippen molar-refractivity contribution in [2.45, 2.75) is 38.0 Å². The number of rotatable bonds is 9. The molecule has 1 aromatic rings. The topological polar surface area (TPSA) is 88.2 Å². The van der Waals surface area contributed by atoms with Gasteiger partial charge in [0.2, 0.25) is 15.9 Å². The van der Waals surface area contributed by atoms with Crippen molar-refractivity contribution in [3.05, 3.63) is 23.8 Å². The maximum atomic E-state index is 13.0. The van der Waals surface area contributed by atoms with E-state index < -0.39 is 10.0 Å². The molecular formula is C22H35N3O5S. The van der Waals surface area contributed by atoms with Crippen molar-refractivity contribution in [2.75, 3.05) is 59.1 Å². The molecule has 0 bridgehead atoms. The number of sulfonamides is 1. The molecule has 0 spiro atoms. The molecule has 174 valence electrons. The van der Waals surface area contributed by atoms with Gasteiger partial charge in [0.25, 0.3) is 0 Å². The standard InChI is InChI=1S/C22H35N3O5S/c1-3-30-21-6-5-20(17-18(21)2)31(27,28)25-11-7-19(8-12-25)22(26)23-9-4-10-24-13-15-29-16-14-24/h5-6,17,19H,3-4,7-16H2,1-2H3,(H,23,26). The lowest BCUT2D eigenvalue weighted by molar-refractivity contribution is -0.126. The Morgan fingerprint density at radius 2 is 1.90 bits per heavy atom. The lowest BCUT2D eigenvalue weighted by Crippen LogP contribution is -2.43. The molecule has 0 saturated carbocycles. The predicted molar refractivity (Wildman–Crippen MR) is 119 cm³/mol. The molecule has 2 aliphatic rings. The normalized spacial score (nSPS) is 19.3. The van der Waals surface area contributed by atoms with E-state index in [1.807, 2.05) is 13.8 Å². The van der Waals surface area contributed by atoms with Crippen LogP contribution in [0.3, 0.4) is 0 Å². The highest BCUT2D eigenvalue weighted by Crippen LogP contribution is 2.27. The number of hydrogen-bond donors (Lipinski definition) is 1. The number of ether oxygens (including phenoxy) is 2. The van der Waals surface area contributed by atoms with Crippen LogP contribution in [0.15, 0.2) is 23.1 Å². The van der Waals surface area contributed by atoms with Crippen LogP contribution < -0.4 is 10.1 Å². The summed E-state index contributed by atoms with van der Waals surface area (Å²) in [6, 6.07) is 4.97. The summed E-state index contributed by atoms with van der Waals surface area (Å²) in [5.41, 5.74) is 0.800. The SMILES string of the molecule is CCOc1ccc(S(=O)(=O)N2CCC(C(=O)NCCCN3CCOCC3)CC2)cc1C. The number of benzene rings is 1. The summed E-state index contributed by atoms with van der Waals surface area (Å²) in [6.45, 7) is 10.1. The van der Waals surface area contributed by atoms with Crippen LogP contribution in [-0.4, -0.2) is 82.6 Å². The fraction of sp³-hybridized carbons (Fsp3) is 0.682. The van der Waals surface area contributed by atoms with E-state index >= 15 is 0 Å². The van der Waals surface area contributed by atoms with Crippen molar-refractivity contribution in [3.63, 3.8) is 0 Å². The molecule has 31 heavy (non-hydrogen) atoms. The highest BCUT2D eigenvalue weighted by Gasteiger charge is 2.32. The molecule has 9 heteroatoms. The van der Waals surface area contributed by atoms with Gasteiger partial charge in [-0.1, -0.05) is 0 Å². The van der Waals surface area contributed by atoms with E-state index in [4.69, 9.17) is 9.47 Å². The van der Waals surface area contributed by atoms with Crippen molar-refractivity contribution in [1.29, 1.82) is 0 Å². The van der Waals surface area contributed by atoms with Crippen molar-refractivity contribution in [2.24, 2.45) is 5.92 Å². The molecule has 0 radical (unpaired) electrons. The van der Waals surface area contributed by atoms with Crippen molar-refractivity contribution in [3.8, 4) is 5.75 Å².